The van der Waals surface area contributed by atoms with Gasteiger partial charge in [0, 0.05) is 18.7 Å². The molecule has 0 fully saturated rings. The molecule has 0 amide bonds. The highest BCUT2D eigenvalue weighted by Crippen LogP contribution is 2.10. The molecule has 6 heteroatoms. The topological polar surface area (TPSA) is 76.1 Å². The van der Waals surface area contributed by atoms with E-state index in [-0.39, 0.29) is 12.0 Å². The normalized spacial score (nSPS) is 11.7. The van der Waals surface area contributed by atoms with Gasteiger partial charge in [-0.25, -0.2) is 9.97 Å². The standard InChI is InChI=1S/C11H18N4O2/c1-4-12-9-6-10(14-7-13-9)15-8(2)5-11(16)17-3/h6-8H,4-5H2,1-3H3,(H2,12,13,14,15). The number of carbonyl (C=O) groups excluding carboxylic acids is 1. The zero-order chi connectivity index (χ0) is 12.7. The van der Waals surface area contributed by atoms with Crippen LogP contribution in [0.25, 0.3) is 0 Å². The second-order valence-corrected chi connectivity index (χ2v) is 3.64. The largest absolute Gasteiger partial charge is 0.469 e. The molecule has 0 saturated carbocycles. The lowest BCUT2D eigenvalue weighted by Crippen LogP contribution is -2.21. The lowest BCUT2D eigenvalue weighted by molar-refractivity contribution is -0.140. The van der Waals surface area contributed by atoms with Gasteiger partial charge in [-0.2, -0.15) is 0 Å². The molecule has 0 bridgehead atoms. The number of carbonyl (C=O) groups is 1. The quantitative estimate of drug-likeness (QED) is 0.727. The summed E-state index contributed by atoms with van der Waals surface area (Å²) in [5, 5.41) is 6.20. The molecule has 6 nitrogen and oxygen atoms in total. The highest BCUT2D eigenvalue weighted by Gasteiger charge is 2.09. The SMILES string of the molecule is CCNc1cc(NC(C)CC(=O)OC)ncn1. The maximum absolute atomic E-state index is 11.1. The second-order valence-electron chi connectivity index (χ2n) is 3.64. The summed E-state index contributed by atoms with van der Waals surface area (Å²) in [6.07, 6.45) is 1.78. The molecular formula is C11H18N4O2. The molecule has 94 valence electrons. The number of aromatic nitrogens is 2. The number of anilines is 2. The van der Waals surface area contributed by atoms with Crippen molar-refractivity contribution in [1.29, 1.82) is 0 Å². The summed E-state index contributed by atoms with van der Waals surface area (Å²) in [5.74, 6) is 1.20. The lowest BCUT2D eigenvalue weighted by atomic mass is 10.2. The zero-order valence-corrected chi connectivity index (χ0v) is 10.4. The summed E-state index contributed by atoms with van der Waals surface area (Å²) in [7, 11) is 1.38. The summed E-state index contributed by atoms with van der Waals surface area (Å²) in [5.41, 5.74) is 0. The molecule has 0 aliphatic heterocycles. The fourth-order valence-electron chi connectivity index (χ4n) is 1.35. The lowest BCUT2D eigenvalue weighted by Gasteiger charge is -2.13. The van der Waals surface area contributed by atoms with Gasteiger partial charge in [0.15, 0.2) is 0 Å². The van der Waals surface area contributed by atoms with Crippen LogP contribution in [-0.2, 0) is 9.53 Å². The Balaban J connectivity index is 2.55. The van der Waals surface area contributed by atoms with Gasteiger partial charge in [-0.3, -0.25) is 4.79 Å². The van der Waals surface area contributed by atoms with E-state index in [2.05, 4.69) is 25.3 Å². The second kappa shape index (κ2) is 6.67. The van der Waals surface area contributed by atoms with Gasteiger partial charge >= 0.3 is 5.97 Å². The third-order valence-corrected chi connectivity index (χ3v) is 2.12. The third kappa shape index (κ3) is 4.67. The number of nitrogens with one attached hydrogen (secondary N) is 2. The van der Waals surface area contributed by atoms with Crippen molar-refractivity contribution < 1.29 is 9.53 Å². The van der Waals surface area contributed by atoms with Crippen molar-refractivity contribution in [2.75, 3.05) is 24.3 Å². The molecule has 1 heterocycles. The average molecular weight is 238 g/mol. The van der Waals surface area contributed by atoms with Gasteiger partial charge in [-0.05, 0) is 13.8 Å². The number of esters is 1. The first kappa shape index (κ1) is 13.2. The van der Waals surface area contributed by atoms with Crippen molar-refractivity contribution in [2.45, 2.75) is 26.3 Å². The van der Waals surface area contributed by atoms with Crippen molar-refractivity contribution in [1.82, 2.24) is 9.97 Å². The van der Waals surface area contributed by atoms with Crippen LogP contribution in [0, 0.1) is 0 Å². The van der Waals surface area contributed by atoms with Crippen LogP contribution in [0.3, 0.4) is 0 Å². The van der Waals surface area contributed by atoms with E-state index in [1.807, 2.05) is 13.8 Å². The van der Waals surface area contributed by atoms with Gasteiger partial charge in [0.25, 0.3) is 0 Å². The Bertz CT molecular complexity index is 370. The average Bonchev–Trinajstić information content (AvgIpc) is 2.29. The van der Waals surface area contributed by atoms with Crippen molar-refractivity contribution >= 4 is 17.6 Å². The maximum Gasteiger partial charge on any atom is 0.307 e. The van der Waals surface area contributed by atoms with Gasteiger partial charge < -0.3 is 15.4 Å². The number of rotatable bonds is 6. The number of ether oxygens (including phenoxy) is 1. The first-order valence-corrected chi connectivity index (χ1v) is 5.55. The summed E-state index contributed by atoms with van der Waals surface area (Å²) < 4.78 is 4.60. The Labute approximate surface area is 101 Å². The molecule has 1 rings (SSSR count). The molecule has 1 unspecified atom stereocenters. The fraction of sp³-hybridized carbons (Fsp3) is 0.545. The Morgan fingerprint density at radius 3 is 2.82 bits per heavy atom. The molecular weight excluding hydrogens is 220 g/mol. The van der Waals surface area contributed by atoms with E-state index in [9.17, 15) is 4.79 Å². The first-order chi connectivity index (χ1) is 8.15. The molecule has 17 heavy (non-hydrogen) atoms. The Morgan fingerprint density at radius 2 is 2.18 bits per heavy atom. The Hall–Kier alpha value is -1.85. The minimum absolute atomic E-state index is 0.0353. The fourth-order valence-corrected chi connectivity index (χ4v) is 1.35. The molecule has 1 atom stereocenters. The summed E-state index contributed by atoms with van der Waals surface area (Å²) >= 11 is 0. The summed E-state index contributed by atoms with van der Waals surface area (Å²) in [6, 6.07) is 1.77. The molecule has 1 aromatic heterocycles. The van der Waals surface area contributed by atoms with E-state index in [4.69, 9.17) is 0 Å². The third-order valence-electron chi connectivity index (χ3n) is 2.12. The Kier molecular flexibility index (Phi) is 5.19. The molecule has 0 saturated heterocycles. The molecule has 0 spiro atoms. The van der Waals surface area contributed by atoms with Crippen LogP contribution in [0.1, 0.15) is 20.3 Å². The van der Waals surface area contributed by atoms with Crippen LogP contribution in [0.5, 0.6) is 0 Å². The van der Waals surface area contributed by atoms with E-state index in [1.165, 1.54) is 13.4 Å². The van der Waals surface area contributed by atoms with Crippen LogP contribution in [0.4, 0.5) is 11.6 Å². The predicted molar refractivity (Wildman–Crippen MR) is 65.9 cm³/mol. The van der Waals surface area contributed by atoms with E-state index in [0.29, 0.717) is 12.2 Å². The van der Waals surface area contributed by atoms with Gasteiger partial charge in [-0.1, -0.05) is 0 Å². The predicted octanol–water partition coefficient (Wildman–Crippen LogP) is 1.27. The van der Waals surface area contributed by atoms with Crippen molar-refractivity contribution in [3.8, 4) is 0 Å². The number of hydrogen-bond acceptors (Lipinski definition) is 6. The van der Waals surface area contributed by atoms with E-state index in [0.717, 1.165) is 12.4 Å². The maximum atomic E-state index is 11.1. The van der Waals surface area contributed by atoms with Crippen LogP contribution in [0.15, 0.2) is 12.4 Å². The van der Waals surface area contributed by atoms with Gasteiger partial charge in [0.05, 0.1) is 13.5 Å². The minimum Gasteiger partial charge on any atom is -0.469 e. The zero-order valence-electron chi connectivity index (χ0n) is 10.4. The van der Waals surface area contributed by atoms with Crippen LogP contribution in [-0.4, -0.2) is 35.6 Å². The van der Waals surface area contributed by atoms with Crippen LogP contribution >= 0.6 is 0 Å². The van der Waals surface area contributed by atoms with Crippen molar-refractivity contribution in [3.63, 3.8) is 0 Å². The highest BCUT2D eigenvalue weighted by molar-refractivity contribution is 5.70. The van der Waals surface area contributed by atoms with Crippen LogP contribution < -0.4 is 10.6 Å². The monoisotopic (exact) mass is 238 g/mol. The molecule has 0 aliphatic carbocycles. The smallest absolute Gasteiger partial charge is 0.307 e. The molecule has 1 aromatic rings. The number of methoxy groups -OCH3 is 1. The van der Waals surface area contributed by atoms with Gasteiger partial charge in [0.1, 0.15) is 18.0 Å². The Morgan fingerprint density at radius 1 is 1.47 bits per heavy atom. The molecule has 0 aromatic carbocycles. The molecule has 0 aliphatic rings. The molecule has 0 radical (unpaired) electrons. The van der Waals surface area contributed by atoms with Crippen molar-refractivity contribution in [2.24, 2.45) is 0 Å². The van der Waals surface area contributed by atoms with E-state index >= 15 is 0 Å². The van der Waals surface area contributed by atoms with E-state index < -0.39 is 0 Å². The van der Waals surface area contributed by atoms with Gasteiger partial charge in [0.2, 0.25) is 0 Å². The summed E-state index contributed by atoms with van der Waals surface area (Å²) in [6.45, 7) is 4.69. The van der Waals surface area contributed by atoms with Crippen LogP contribution in [0.2, 0.25) is 0 Å². The first-order valence-electron chi connectivity index (χ1n) is 5.55. The molecule has 2 N–H and O–H groups in total. The minimum atomic E-state index is -0.244. The van der Waals surface area contributed by atoms with Gasteiger partial charge in [-0.15, -0.1) is 0 Å². The highest BCUT2D eigenvalue weighted by atomic mass is 16.5. The number of nitrogens with zero attached hydrogens (tertiary/aromatic N) is 2. The number of hydrogen-bond donors (Lipinski definition) is 2. The summed E-state index contributed by atoms with van der Waals surface area (Å²) in [4.78, 5) is 19.2. The van der Waals surface area contributed by atoms with Crippen molar-refractivity contribution in [3.05, 3.63) is 12.4 Å². The van der Waals surface area contributed by atoms with E-state index in [1.54, 1.807) is 6.07 Å².